The first kappa shape index (κ1) is 20.5. The Morgan fingerprint density at radius 3 is 2.90 bits per heavy atom. The number of fused-ring (bicyclic) bond motifs is 1. The Bertz CT molecular complexity index is 1110. The molecular formula is C19H25N7O3S. The van der Waals surface area contributed by atoms with Crippen molar-refractivity contribution in [1.29, 1.82) is 0 Å². The predicted molar refractivity (Wildman–Crippen MR) is 114 cm³/mol. The van der Waals surface area contributed by atoms with Crippen LogP contribution in [0, 0.1) is 0 Å². The lowest BCUT2D eigenvalue weighted by Crippen LogP contribution is -2.35. The molecule has 0 aromatic carbocycles. The van der Waals surface area contributed by atoms with Crippen molar-refractivity contribution in [2.24, 2.45) is 0 Å². The van der Waals surface area contributed by atoms with Crippen LogP contribution in [0.5, 0.6) is 0 Å². The molecule has 0 radical (unpaired) electrons. The Morgan fingerprint density at radius 2 is 2.17 bits per heavy atom. The van der Waals surface area contributed by atoms with Crippen molar-refractivity contribution in [3.63, 3.8) is 0 Å². The van der Waals surface area contributed by atoms with Crippen LogP contribution in [0.25, 0.3) is 11.0 Å². The van der Waals surface area contributed by atoms with Crippen LogP contribution in [0.2, 0.25) is 0 Å². The van der Waals surface area contributed by atoms with Crippen LogP contribution in [0.15, 0.2) is 41.8 Å². The van der Waals surface area contributed by atoms with Crippen molar-refractivity contribution in [2.45, 2.75) is 30.4 Å². The summed E-state index contributed by atoms with van der Waals surface area (Å²) in [4.78, 5) is 20.5. The van der Waals surface area contributed by atoms with Gasteiger partial charge in [-0.25, -0.2) is 28.1 Å². The Balaban J connectivity index is 1.45. The number of nitrogens with one attached hydrogen (secondary N) is 2. The summed E-state index contributed by atoms with van der Waals surface area (Å²) in [5.41, 5.74) is 0.819. The van der Waals surface area contributed by atoms with Crippen molar-refractivity contribution in [2.75, 3.05) is 36.5 Å². The summed E-state index contributed by atoms with van der Waals surface area (Å²) in [5, 5.41) is 10.3. The fraction of sp³-hybridized carbons (Fsp3) is 0.421. The maximum atomic E-state index is 12.3. The van der Waals surface area contributed by atoms with E-state index in [1.807, 2.05) is 19.3 Å². The number of likely N-dealkylation sites (N-methyl/N-ethyl adjacent to an activating group) is 1. The summed E-state index contributed by atoms with van der Waals surface area (Å²) in [6, 6.07) is 5.43. The third-order valence-electron chi connectivity index (χ3n) is 5.30. The SMILES string of the molecule is C[C@H](O)CNS(=O)(=O)c1ccc(N(C)[C@@H]2CCN(c3ncnc4[nH]ccc34)C2)nc1. The van der Waals surface area contributed by atoms with Gasteiger partial charge in [0.1, 0.15) is 28.5 Å². The molecule has 0 amide bonds. The lowest BCUT2D eigenvalue weighted by atomic mass is 10.2. The van der Waals surface area contributed by atoms with Crippen molar-refractivity contribution in [1.82, 2.24) is 24.7 Å². The first-order valence-corrected chi connectivity index (χ1v) is 11.2. The summed E-state index contributed by atoms with van der Waals surface area (Å²) >= 11 is 0. The van der Waals surface area contributed by atoms with E-state index in [1.54, 1.807) is 12.4 Å². The lowest BCUT2D eigenvalue weighted by molar-refractivity contribution is 0.198. The minimum absolute atomic E-state index is 0.0423. The Kier molecular flexibility index (Phi) is 5.58. The molecule has 11 heteroatoms. The van der Waals surface area contributed by atoms with Gasteiger partial charge in [-0.2, -0.15) is 0 Å². The molecule has 1 aliphatic heterocycles. The van der Waals surface area contributed by atoms with Crippen LogP contribution in [0.4, 0.5) is 11.6 Å². The monoisotopic (exact) mass is 431 g/mol. The van der Waals surface area contributed by atoms with E-state index < -0.39 is 16.1 Å². The van der Waals surface area contributed by atoms with Gasteiger partial charge in [0.15, 0.2) is 0 Å². The second-order valence-electron chi connectivity index (χ2n) is 7.49. The van der Waals surface area contributed by atoms with Gasteiger partial charge in [-0.3, -0.25) is 0 Å². The molecule has 3 aromatic heterocycles. The summed E-state index contributed by atoms with van der Waals surface area (Å²) in [6.45, 7) is 3.12. The number of anilines is 2. The van der Waals surface area contributed by atoms with Gasteiger partial charge in [-0.1, -0.05) is 0 Å². The number of pyridine rings is 1. The van der Waals surface area contributed by atoms with Gasteiger partial charge in [-0.05, 0) is 31.5 Å². The zero-order valence-electron chi connectivity index (χ0n) is 16.9. The zero-order chi connectivity index (χ0) is 21.3. The van der Waals surface area contributed by atoms with E-state index in [9.17, 15) is 13.5 Å². The first-order valence-electron chi connectivity index (χ1n) is 9.75. The average Bonchev–Trinajstić information content (AvgIpc) is 3.41. The molecule has 3 aromatic rings. The average molecular weight is 432 g/mol. The van der Waals surface area contributed by atoms with Crippen LogP contribution >= 0.6 is 0 Å². The molecule has 0 bridgehead atoms. The molecular weight excluding hydrogens is 406 g/mol. The third kappa shape index (κ3) is 4.09. The molecule has 160 valence electrons. The van der Waals surface area contributed by atoms with Gasteiger partial charge >= 0.3 is 0 Å². The van der Waals surface area contributed by atoms with E-state index in [0.29, 0.717) is 5.82 Å². The van der Waals surface area contributed by atoms with E-state index in [2.05, 4.69) is 34.5 Å². The highest BCUT2D eigenvalue weighted by atomic mass is 32.2. The number of H-pyrrole nitrogens is 1. The number of hydrogen-bond acceptors (Lipinski definition) is 8. The second kappa shape index (κ2) is 8.17. The minimum Gasteiger partial charge on any atom is -0.392 e. The van der Waals surface area contributed by atoms with Crippen LogP contribution in [0.3, 0.4) is 0 Å². The van der Waals surface area contributed by atoms with Gasteiger partial charge in [-0.15, -0.1) is 0 Å². The van der Waals surface area contributed by atoms with E-state index >= 15 is 0 Å². The molecule has 1 fully saturated rings. The van der Waals surface area contributed by atoms with Crippen LogP contribution < -0.4 is 14.5 Å². The molecule has 0 unspecified atom stereocenters. The van der Waals surface area contributed by atoms with Crippen molar-refractivity contribution < 1.29 is 13.5 Å². The Labute approximate surface area is 175 Å². The number of sulfonamides is 1. The van der Waals surface area contributed by atoms with Crippen LogP contribution in [-0.4, -0.2) is 72.3 Å². The van der Waals surface area contributed by atoms with Crippen LogP contribution in [-0.2, 0) is 10.0 Å². The van der Waals surface area contributed by atoms with Crippen molar-refractivity contribution in [3.8, 4) is 0 Å². The lowest BCUT2D eigenvalue weighted by Gasteiger charge is -2.26. The second-order valence-corrected chi connectivity index (χ2v) is 9.26. The third-order valence-corrected chi connectivity index (χ3v) is 6.71. The number of aromatic nitrogens is 4. The number of hydrogen-bond donors (Lipinski definition) is 3. The smallest absolute Gasteiger partial charge is 0.242 e. The van der Waals surface area contributed by atoms with E-state index in [-0.39, 0.29) is 17.5 Å². The Morgan fingerprint density at radius 1 is 1.33 bits per heavy atom. The summed E-state index contributed by atoms with van der Waals surface area (Å²) in [7, 11) is -1.73. The molecule has 4 heterocycles. The maximum Gasteiger partial charge on any atom is 0.242 e. The number of aliphatic hydroxyl groups is 1. The summed E-state index contributed by atoms with van der Waals surface area (Å²) in [6.07, 6.45) is 4.95. The fourth-order valence-electron chi connectivity index (χ4n) is 3.60. The van der Waals surface area contributed by atoms with Gasteiger partial charge in [0.05, 0.1) is 11.5 Å². The number of aromatic amines is 1. The fourth-order valence-corrected chi connectivity index (χ4v) is 4.67. The number of nitrogens with zero attached hydrogens (tertiary/aromatic N) is 5. The van der Waals surface area contributed by atoms with E-state index in [4.69, 9.17) is 0 Å². The topological polar surface area (TPSA) is 127 Å². The van der Waals surface area contributed by atoms with Crippen LogP contribution in [0.1, 0.15) is 13.3 Å². The Hall–Kier alpha value is -2.76. The molecule has 0 aliphatic carbocycles. The summed E-state index contributed by atoms with van der Waals surface area (Å²) < 4.78 is 26.9. The number of rotatable bonds is 7. The van der Waals surface area contributed by atoms with Crippen molar-refractivity contribution >= 4 is 32.7 Å². The molecule has 1 saturated heterocycles. The van der Waals surface area contributed by atoms with Gasteiger partial charge in [0.25, 0.3) is 0 Å². The molecule has 0 saturated carbocycles. The zero-order valence-corrected chi connectivity index (χ0v) is 17.7. The highest BCUT2D eigenvalue weighted by molar-refractivity contribution is 7.89. The molecule has 1 aliphatic rings. The molecule has 10 nitrogen and oxygen atoms in total. The van der Waals surface area contributed by atoms with E-state index in [0.717, 1.165) is 36.4 Å². The minimum atomic E-state index is -3.69. The van der Waals surface area contributed by atoms with Gasteiger partial charge < -0.3 is 19.9 Å². The maximum absolute atomic E-state index is 12.3. The highest BCUT2D eigenvalue weighted by Gasteiger charge is 2.28. The normalized spacial score (nSPS) is 18.1. The predicted octanol–water partition coefficient (Wildman–Crippen LogP) is 0.727. The van der Waals surface area contributed by atoms with Gasteiger partial charge in [0.2, 0.25) is 10.0 Å². The molecule has 3 N–H and O–H groups in total. The highest BCUT2D eigenvalue weighted by Crippen LogP contribution is 2.28. The quantitative estimate of drug-likeness (QED) is 0.500. The van der Waals surface area contributed by atoms with Gasteiger partial charge in [0, 0.05) is 45.1 Å². The molecule has 30 heavy (non-hydrogen) atoms. The molecule has 4 rings (SSSR count). The number of aliphatic hydroxyl groups excluding tert-OH is 1. The summed E-state index contributed by atoms with van der Waals surface area (Å²) in [5.74, 6) is 1.61. The molecule has 2 atom stereocenters. The largest absolute Gasteiger partial charge is 0.392 e. The molecule has 0 spiro atoms. The first-order chi connectivity index (χ1) is 14.3. The van der Waals surface area contributed by atoms with E-state index in [1.165, 1.54) is 19.2 Å². The standard InChI is InChI=1S/C19H25N7O3S/c1-13(27)9-24-30(28,29)15-3-4-17(21-10-15)25(2)14-6-8-26(11-14)19-16-5-7-20-18(16)22-12-23-19/h3-5,7,10,12-14,24,27H,6,8-9,11H2,1-2H3,(H,20,22,23)/t13-,14+/m0/s1. The van der Waals surface area contributed by atoms with Crippen molar-refractivity contribution in [3.05, 3.63) is 36.9 Å².